The van der Waals surface area contributed by atoms with Crippen LogP contribution in [-0.4, -0.2) is 39.4 Å². The Labute approximate surface area is 178 Å². The molecule has 1 amide bonds. The number of thioether (sulfide) groups is 1. The Balaban J connectivity index is 1.79. The number of aryl methyl sites for hydroxylation is 2. The van der Waals surface area contributed by atoms with Crippen LogP contribution in [-0.2, 0) is 14.8 Å². The standard InChI is InChI=1S/C22H30N2O3S2/c1-17-10-12-20(13-11-17)28-16-14-23-22(25)9-6-15-24(29(4,26)27)21-8-5-7-18(2)19(21)3/h5,7-8,10-13H,6,9,14-16H2,1-4H3,(H,23,25). The fraction of sp³-hybridized carbons (Fsp3) is 0.409. The van der Waals surface area contributed by atoms with E-state index in [1.165, 1.54) is 21.0 Å². The maximum atomic E-state index is 12.3. The van der Waals surface area contributed by atoms with Crippen molar-refractivity contribution in [2.75, 3.05) is 29.4 Å². The Kier molecular flexibility index (Phi) is 8.59. The van der Waals surface area contributed by atoms with Crippen LogP contribution >= 0.6 is 11.8 Å². The van der Waals surface area contributed by atoms with Gasteiger partial charge in [-0.3, -0.25) is 9.10 Å². The summed E-state index contributed by atoms with van der Waals surface area (Å²) in [5.41, 5.74) is 3.89. The van der Waals surface area contributed by atoms with E-state index in [0.29, 0.717) is 25.1 Å². The summed E-state index contributed by atoms with van der Waals surface area (Å²) in [7, 11) is -3.41. The molecular weight excluding hydrogens is 404 g/mol. The molecule has 7 heteroatoms. The Bertz CT molecular complexity index is 926. The smallest absolute Gasteiger partial charge is 0.232 e. The van der Waals surface area contributed by atoms with Crippen LogP contribution in [0.1, 0.15) is 29.5 Å². The molecule has 0 fully saturated rings. The zero-order valence-electron chi connectivity index (χ0n) is 17.6. The van der Waals surface area contributed by atoms with E-state index in [9.17, 15) is 13.2 Å². The van der Waals surface area contributed by atoms with E-state index >= 15 is 0 Å². The average Bonchev–Trinajstić information content (AvgIpc) is 2.65. The first kappa shape index (κ1) is 23.3. The number of amides is 1. The van der Waals surface area contributed by atoms with E-state index in [1.807, 2.05) is 32.0 Å². The van der Waals surface area contributed by atoms with Crippen LogP contribution in [0.5, 0.6) is 0 Å². The molecule has 0 aliphatic carbocycles. The van der Waals surface area contributed by atoms with Gasteiger partial charge in [0.25, 0.3) is 0 Å². The van der Waals surface area contributed by atoms with E-state index < -0.39 is 10.0 Å². The summed E-state index contributed by atoms with van der Waals surface area (Å²) >= 11 is 1.70. The van der Waals surface area contributed by atoms with E-state index in [4.69, 9.17) is 0 Å². The molecule has 2 rings (SSSR count). The minimum Gasteiger partial charge on any atom is -0.355 e. The molecule has 2 aromatic rings. The number of hydrogen-bond donors (Lipinski definition) is 1. The zero-order chi connectivity index (χ0) is 21.4. The lowest BCUT2D eigenvalue weighted by Crippen LogP contribution is -2.33. The zero-order valence-corrected chi connectivity index (χ0v) is 19.2. The van der Waals surface area contributed by atoms with Crippen LogP contribution in [0.2, 0.25) is 0 Å². The Morgan fingerprint density at radius 2 is 1.76 bits per heavy atom. The van der Waals surface area contributed by atoms with Crippen molar-refractivity contribution in [3.05, 3.63) is 59.2 Å². The largest absolute Gasteiger partial charge is 0.355 e. The molecule has 29 heavy (non-hydrogen) atoms. The fourth-order valence-corrected chi connectivity index (χ4v) is 4.72. The molecule has 0 aliphatic heterocycles. The predicted octanol–water partition coefficient (Wildman–Crippen LogP) is 4.07. The molecule has 0 unspecified atom stereocenters. The summed E-state index contributed by atoms with van der Waals surface area (Å²) in [6, 6.07) is 13.9. The van der Waals surface area contributed by atoms with Crippen molar-refractivity contribution < 1.29 is 13.2 Å². The third-order valence-corrected chi connectivity index (χ3v) is 6.92. The molecule has 2 aromatic carbocycles. The number of anilines is 1. The number of sulfonamides is 1. The van der Waals surface area contributed by atoms with Gasteiger partial charge < -0.3 is 5.32 Å². The number of hydrogen-bond acceptors (Lipinski definition) is 4. The highest BCUT2D eigenvalue weighted by atomic mass is 32.2. The summed E-state index contributed by atoms with van der Waals surface area (Å²) in [6.07, 6.45) is 1.97. The summed E-state index contributed by atoms with van der Waals surface area (Å²) in [5, 5.41) is 2.91. The van der Waals surface area contributed by atoms with Crippen molar-refractivity contribution in [3.8, 4) is 0 Å². The second-order valence-electron chi connectivity index (χ2n) is 7.17. The lowest BCUT2D eigenvalue weighted by atomic mass is 10.1. The Hall–Kier alpha value is -1.99. The van der Waals surface area contributed by atoms with Gasteiger partial charge in [0, 0.05) is 30.2 Å². The molecule has 5 nitrogen and oxygen atoms in total. The van der Waals surface area contributed by atoms with Gasteiger partial charge in [0.2, 0.25) is 15.9 Å². The van der Waals surface area contributed by atoms with Gasteiger partial charge in [-0.25, -0.2) is 8.42 Å². The SMILES string of the molecule is Cc1ccc(SCCNC(=O)CCCN(c2cccc(C)c2C)S(C)(=O)=O)cc1. The number of carbonyl (C=O) groups is 1. The third kappa shape index (κ3) is 7.40. The number of carbonyl (C=O) groups excluding carboxylic acids is 1. The second-order valence-corrected chi connectivity index (χ2v) is 10.2. The van der Waals surface area contributed by atoms with E-state index in [-0.39, 0.29) is 12.5 Å². The molecule has 0 aliphatic rings. The molecule has 0 aromatic heterocycles. The number of benzene rings is 2. The number of rotatable bonds is 10. The van der Waals surface area contributed by atoms with Crippen molar-refractivity contribution in [1.82, 2.24) is 5.32 Å². The highest BCUT2D eigenvalue weighted by Crippen LogP contribution is 2.25. The Morgan fingerprint density at radius 1 is 1.07 bits per heavy atom. The summed E-state index contributed by atoms with van der Waals surface area (Å²) in [4.78, 5) is 13.3. The molecule has 1 N–H and O–H groups in total. The first-order valence-electron chi connectivity index (χ1n) is 9.68. The van der Waals surface area contributed by atoms with Crippen molar-refractivity contribution >= 4 is 33.4 Å². The fourth-order valence-electron chi connectivity index (χ4n) is 2.94. The summed E-state index contributed by atoms with van der Waals surface area (Å²) in [6.45, 7) is 6.81. The molecule has 0 saturated carbocycles. The molecule has 0 spiro atoms. The van der Waals surface area contributed by atoms with E-state index in [1.54, 1.807) is 11.8 Å². The van der Waals surface area contributed by atoms with Crippen molar-refractivity contribution in [2.24, 2.45) is 0 Å². The van der Waals surface area contributed by atoms with E-state index in [2.05, 4.69) is 36.5 Å². The van der Waals surface area contributed by atoms with Gasteiger partial charge in [-0.1, -0.05) is 29.8 Å². The first-order valence-corrected chi connectivity index (χ1v) is 12.5. The second kappa shape index (κ2) is 10.7. The first-order chi connectivity index (χ1) is 13.7. The maximum Gasteiger partial charge on any atom is 0.232 e. The molecule has 0 radical (unpaired) electrons. The van der Waals surface area contributed by atoms with Gasteiger partial charge in [0.05, 0.1) is 11.9 Å². The monoisotopic (exact) mass is 434 g/mol. The van der Waals surface area contributed by atoms with Gasteiger partial charge >= 0.3 is 0 Å². The van der Waals surface area contributed by atoms with Crippen LogP contribution in [0.15, 0.2) is 47.4 Å². The van der Waals surface area contributed by atoms with E-state index in [0.717, 1.165) is 16.9 Å². The molecule has 0 saturated heterocycles. The van der Waals surface area contributed by atoms with Crippen LogP contribution in [0.25, 0.3) is 0 Å². The molecular formula is C22H30N2O3S2. The summed E-state index contributed by atoms with van der Waals surface area (Å²) < 4.78 is 25.9. The minimum atomic E-state index is -3.41. The minimum absolute atomic E-state index is 0.0519. The third-order valence-electron chi connectivity index (χ3n) is 4.72. The van der Waals surface area contributed by atoms with Crippen LogP contribution in [0.3, 0.4) is 0 Å². The van der Waals surface area contributed by atoms with Crippen molar-refractivity contribution in [2.45, 2.75) is 38.5 Å². The van der Waals surface area contributed by atoms with Crippen LogP contribution in [0, 0.1) is 20.8 Å². The highest BCUT2D eigenvalue weighted by molar-refractivity contribution is 7.99. The number of nitrogens with zero attached hydrogens (tertiary/aromatic N) is 1. The van der Waals surface area contributed by atoms with Crippen molar-refractivity contribution in [1.29, 1.82) is 0 Å². The van der Waals surface area contributed by atoms with Gasteiger partial charge in [-0.2, -0.15) is 0 Å². The lowest BCUT2D eigenvalue weighted by molar-refractivity contribution is -0.121. The summed E-state index contributed by atoms with van der Waals surface area (Å²) in [5.74, 6) is 0.746. The molecule has 158 valence electrons. The van der Waals surface area contributed by atoms with Crippen LogP contribution < -0.4 is 9.62 Å². The molecule has 0 bridgehead atoms. The predicted molar refractivity (Wildman–Crippen MR) is 122 cm³/mol. The van der Waals surface area contributed by atoms with Crippen LogP contribution in [0.4, 0.5) is 5.69 Å². The highest BCUT2D eigenvalue weighted by Gasteiger charge is 2.19. The van der Waals surface area contributed by atoms with Crippen molar-refractivity contribution in [3.63, 3.8) is 0 Å². The average molecular weight is 435 g/mol. The van der Waals surface area contributed by atoms with Gasteiger partial charge in [-0.15, -0.1) is 11.8 Å². The maximum absolute atomic E-state index is 12.3. The topological polar surface area (TPSA) is 66.5 Å². The van der Waals surface area contributed by atoms with Gasteiger partial charge in [-0.05, 0) is 56.5 Å². The number of nitrogens with one attached hydrogen (secondary N) is 1. The Morgan fingerprint density at radius 3 is 2.41 bits per heavy atom. The quantitative estimate of drug-likeness (QED) is 0.452. The molecule has 0 heterocycles. The molecule has 0 atom stereocenters. The van der Waals surface area contributed by atoms with Gasteiger partial charge in [0.15, 0.2) is 0 Å². The lowest BCUT2D eigenvalue weighted by Gasteiger charge is -2.24. The van der Waals surface area contributed by atoms with Gasteiger partial charge in [0.1, 0.15) is 0 Å². The normalized spacial score (nSPS) is 11.3.